The van der Waals surface area contributed by atoms with E-state index in [9.17, 15) is 0 Å². The van der Waals surface area contributed by atoms with Crippen LogP contribution in [0.4, 0.5) is 0 Å². The number of aromatic nitrogens is 5. The first kappa shape index (κ1) is 9.77. The van der Waals surface area contributed by atoms with Gasteiger partial charge in [-0.1, -0.05) is 17.8 Å². The van der Waals surface area contributed by atoms with Crippen molar-refractivity contribution in [2.45, 2.75) is 29.7 Å². The van der Waals surface area contributed by atoms with Gasteiger partial charge in [0.05, 0.1) is 16.8 Å². The lowest BCUT2D eigenvalue weighted by Crippen LogP contribution is -2.02. The highest BCUT2D eigenvalue weighted by molar-refractivity contribution is 7.98. The zero-order chi connectivity index (χ0) is 10.8. The van der Waals surface area contributed by atoms with Gasteiger partial charge in [-0.2, -0.15) is 0 Å². The van der Waals surface area contributed by atoms with E-state index in [1.165, 1.54) is 12.8 Å². The van der Waals surface area contributed by atoms with Crippen LogP contribution in [0, 0.1) is 0 Å². The predicted molar refractivity (Wildman–Crippen MR) is 59.9 cm³/mol. The molecule has 2 aromatic heterocycles. The van der Waals surface area contributed by atoms with Crippen molar-refractivity contribution in [3.8, 4) is 0 Å². The van der Waals surface area contributed by atoms with Crippen molar-refractivity contribution in [3.05, 3.63) is 30.2 Å². The summed E-state index contributed by atoms with van der Waals surface area (Å²) in [6, 6.07) is 6.43. The summed E-state index contributed by atoms with van der Waals surface area (Å²) >= 11 is 1.66. The molecule has 0 spiro atoms. The Morgan fingerprint density at radius 3 is 3.06 bits per heavy atom. The molecule has 0 amide bonds. The van der Waals surface area contributed by atoms with Crippen molar-refractivity contribution in [1.29, 1.82) is 0 Å². The summed E-state index contributed by atoms with van der Waals surface area (Å²) in [5.41, 5.74) is 0. The monoisotopic (exact) mass is 233 g/mol. The minimum Gasteiger partial charge on any atom is -0.250 e. The number of nitrogens with zero attached hydrogens (tertiary/aromatic N) is 5. The number of hydrogen-bond donors (Lipinski definition) is 0. The van der Waals surface area contributed by atoms with E-state index >= 15 is 0 Å². The molecule has 6 heteroatoms. The Morgan fingerprint density at radius 2 is 2.31 bits per heavy atom. The van der Waals surface area contributed by atoms with E-state index < -0.39 is 0 Å². The quantitative estimate of drug-likeness (QED) is 0.752. The SMILES string of the molecule is c1ccc(SCc2nnnn2C2CC2)nc1. The fourth-order valence-corrected chi connectivity index (χ4v) is 2.26. The lowest BCUT2D eigenvalue weighted by molar-refractivity contribution is 0.593. The van der Waals surface area contributed by atoms with E-state index in [1.54, 1.807) is 18.0 Å². The summed E-state index contributed by atoms with van der Waals surface area (Å²) in [6.07, 6.45) is 4.20. The molecule has 0 aliphatic heterocycles. The van der Waals surface area contributed by atoms with Crippen LogP contribution in [0.3, 0.4) is 0 Å². The standard InChI is InChI=1S/C10H11N5S/c1-2-6-11-10(3-1)16-7-9-12-13-14-15(9)8-4-5-8/h1-3,6,8H,4-5,7H2. The average molecular weight is 233 g/mol. The average Bonchev–Trinajstić information content (AvgIpc) is 3.07. The number of thioether (sulfide) groups is 1. The van der Waals surface area contributed by atoms with Crippen LogP contribution in [0.2, 0.25) is 0 Å². The van der Waals surface area contributed by atoms with Crippen LogP contribution in [-0.2, 0) is 5.75 Å². The highest BCUT2D eigenvalue weighted by Crippen LogP contribution is 2.35. The van der Waals surface area contributed by atoms with Gasteiger partial charge in [-0.15, -0.1) is 5.10 Å². The second kappa shape index (κ2) is 4.21. The predicted octanol–water partition coefficient (Wildman–Crippen LogP) is 1.70. The molecule has 2 heterocycles. The molecule has 3 rings (SSSR count). The first-order valence-corrected chi connectivity index (χ1v) is 6.22. The lowest BCUT2D eigenvalue weighted by atomic mass is 10.5. The van der Waals surface area contributed by atoms with E-state index in [1.807, 2.05) is 22.9 Å². The highest BCUT2D eigenvalue weighted by atomic mass is 32.2. The third-order valence-corrected chi connectivity index (χ3v) is 3.38. The molecule has 0 N–H and O–H groups in total. The molecule has 0 saturated heterocycles. The summed E-state index contributed by atoms with van der Waals surface area (Å²) in [5, 5.41) is 12.8. The van der Waals surface area contributed by atoms with Crippen LogP contribution in [0.1, 0.15) is 24.7 Å². The van der Waals surface area contributed by atoms with Crippen LogP contribution < -0.4 is 0 Å². The van der Waals surface area contributed by atoms with Gasteiger partial charge < -0.3 is 0 Å². The maximum atomic E-state index is 4.25. The van der Waals surface area contributed by atoms with Gasteiger partial charge in [0.2, 0.25) is 0 Å². The second-order valence-corrected chi connectivity index (χ2v) is 4.72. The molecule has 2 aromatic rings. The molecule has 0 unspecified atom stereocenters. The third-order valence-electron chi connectivity index (χ3n) is 2.44. The van der Waals surface area contributed by atoms with Gasteiger partial charge in [0.15, 0.2) is 5.82 Å². The van der Waals surface area contributed by atoms with E-state index in [0.29, 0.717) is 6.04 Å². The molecule has 1 saturated carbocycles. The van der Waals surface area contributed by atoms with Crippen LogP contribution in [0.5, 0.6) is 0 Å². The Labute approximate surface area is 97.3 Å². The molecule has 1 aliphatic carbocycles. The lowest BCUT2D eigenvalue weighted by Gasteiger charge is -2.01. The molecule has 0 radical (unpaired) electrons. The summed E-state index contributed by atoms with van der Waals surface area (Å²) in [5.74, 6) is 1.72. The summed E-state index contributed by atoms with van der Waals surface area (Å²) in [7, 11) is 0. The van der Waals surface area contributed by atoms with Crippen molar-refractivity contribution < 1.29 is 0 Å². The van der Waals surface area contributed by atoms with Crippen molar-refractivity contribution >= 4 is 11.8 Å². The van der Waals surface area contributed by atoms with Crippen LogP contribution in [-0.4, -0.2) is 25.2 Å². The zero-order valence-corrected chi connectivity index (χ0v) is 9.47. The Bertz CT molecular complexity index is 465. The second-order valence-electron chi connectivity index (χ2n) is 3.73. The Morgan fingerprint density at radius 1 is 1.38 bits per heavy atom. The van der Waals surface area contributed by atoms with Crippen LogP contribution >= 0.6 is 11.8 Å². The molecule has 82 valence electrons. The van der Waals surface area contributed by atoms with Crippen LogP contribution in [0.15, 0.2) is 29.4 Å². The van der Waals surface area contributed by atoms with Gasteiger partial charge in [0.1, 0.15) is 0 Å². The summed E-state index contributed by atoms with van der Waals surface area (Å²) < 4.78 is 1.94. The number of rotatable bonds is 4. The van der Waals surface area contributed by atoms with Crippen molar-refractivity contribution in [2.24, 2.45) is 0 Å². The van der Waals surface area contributed by atoms with E-state index in [4.69, 9.17) is 0 Å². The molecule has 0 atom stereocenters. The van der Waals surface area contributed by atoms with E-state index in [-0.39, 0.29) is 0 Å². The largest absolute Gasteiger partial charge is 0.250 e. The van der Waals surface area contributed by atoms with Gasteiger partial charge in [0.25, 0.3) is 0 Å². The topological polar surface area (TPSA) is 56.5 Å². The molecule has 1 fully saturated rings. The molecule has 0 aromatic carbocycles. The highest BCUT2D eigenvalue weighted by Gasteiger charge is 2.27. The minimum atomic E-state index is 0.536. The summed E-state index contributed by atoms with van der Waals surface area (Å²) in [6.45, 7) is 0. The summed E-state index contributed by atoms with van der Waals surface area (Å²) in [4.78, 5) is 4.25. The van der Waals surface area contributed by atoms with Gasteiger partial charge in [-0.05, 0) is 35.4 Å². The fraction of sp³-hybridized carbons (Fsp3) is 0.400. The van der Waals surface area contributed by atoms with Crippen LogP contribution in [0.25, 0.3) is 0 Å². The molecule has 5 nitrogen and oxygen atoms in total. The third kappa shape index (κ3) is 2.06. The number of hydrogen-bond acceptors (Lipinski definition) is 5. The molecule has 1 aliphatic rings. The maximum absolute atomic E-state index is 4.25. The zero-order valence-electron chi connectivity index (χ0n) is 8.65. The van der Waals surface area contributed by atoms with Gasteiger partial charge in [-0.25, -0.2) is 9.67 Å². The van der Waals surface area contributed by atoms with Crippen molar-refractivity contribution in [3.63, 3.8) is 0 Å². The number of tetrazole rings is 1. The normalized spacial score (nSPS) is 15.2. The van der Waals surface area contributed by atoms with E-state index in [0.717, 1.165) is 16.6 Å². The van der Waals surface area contributed by atoms with E-state index in [2.05, 4.69) is 20.5 Å². The first-order valence-electron chi connectivity index (χ1n) is 5.24. The number of pyridine rings is 1. The Hall–Kier alpha value is -1.43. The fourth-order valence-electron chi connectivity index (χ4n) is 1.48. The first-order chi connectivity index (χ1) is 7.93. The smallest absolute Gasteiger partial charge is 0.161 e. The Balaban J connectivity index is 1.68. The molecular weight excluding hydrogens is 222 g/mol. The molecule has 0 bridgehead atoms. The maximum Gasteiger partial charge on any atom is 0.161 e. The molecule has 16 heavy (non-hydrogen) atoms. The van der Waals surface area contributed by atoms with Gasteiger partial charge >= 0.3 is 0 Å². The van der Waals surface area contributed by atoms with Gasteiger partial charge in [0, 0.05) is 6.20 Å². The Kier molecular flexibility index (Phi) is 2.57. The van der Waals surface area contributed by atoms with Gasteiger partial charge in [-0.3, -0.25) is 0 Å². The van der Waals surface area contributed by atoms with Crippen molar-refractivity contribution in [1.82, 2.24) is 25.2 Å². The molecular formula is C10H11N5S. The van der Waals surface area contributed by atoms with Crippen molar-refractivity contribution in [2.75, 3.05) is 0 Å². The minimum absolute atomic E-state index is 0.536.